The molecule has 1 aromatic heterocycles. The van der Waals surface area contributed by atoms with Gasteiger partial charge in [-0.1, -0.05) is 18.2 Å². The molecule has 0 radical (unpaired) electrons. The maximum atomic E-state index is 13.9. The molecule has 0 spiro atoms. The lowest BCUT2D eigenvalue weighted by Gasteiger charge is -2.28. The van der Waals surface area contributed by atoms with Crippen LogP contribution in [-0.4, -0.2) is 28.5 Å². The van der Waals surface area contributed by atoms with Gasteiger partial charge >= 0.3 is 0 Å². The van der Waals surface area contributed by atoms with Crippen LogP contribution < -0.4 is 10.1 Å². The van der Waals surface area contributed by atoms with E-state index in [4.69, 9.17) is 4.74 Å². The number of hydrogen-bond acceptors (Lipinski definition) is 5. The van der Waals surface area contributed by atoms with E-state index in [1.165, 1.54) is 6.07 Å². The average molecular weight is 364 g/mol. The molecule has 1 aliphatic heterocycles. The SMILES string of the molecule is COc1ccc(Nc2ncc3c(n2)CCN(Cc2ccccc2F)C3)cc1. The van der Waals surface area contributed by atoms with E-state index in [1.807, 2.05) is 42.6 Å². The maximum absolute atomic E-state index is 13.9. The molecule has 6 heteroatoms. The highest BCUT2D eigenvalue weighted by Crippen LogP contribution is 2.22. The second kappa shape index (κ2) is 7.72. The van der Waals surface area contributed by atoms with E-state index < -0.39 is 0 Å². The largest absolute Gasteiger partial charge is 0.497 e. The van der Waals surface area contributed by atoms with Crippen LogP contribution >= 0.6 is 0 Å². The quantitative estimate of drug-likeness (QED) is 0.743. The second-order valence-corrected chi connectivity index (χ2v) is 6.57. The highest BCUT2D eigenvalue weighted by molar-refractivity contribution is 5.54. The van der Waals surface area contributed by atoms with E-state index in [0.717, 1.165) is 47.8 Å². The van der Waals surface area contributed by atoms with Crippen LogP contribution in [0.25, 0.3) is 0 Å². The molecule has 0 saturated carbocycles. The number of halogens is 1. The third-order valence-electron chi connectivity index (χ3n) is 4.71. The molecule has 0 saturated heterocycles. The first-order valence-electron chi connectivity index (χ1n) is 8.93. The molecule has 0 unspecified atom stereocenters. The Balaban J connectivity index is 1.44. The molecule has 5 nitrogen and oxygen atoms in total. The van der Waals surface area contributed by atoms with Gasteiger partial charge in [-0.05, 0) is 30.3 Å². The Morgan fingerprint density at radius 2 is 1.96 bits per heavy atom. The van der Waals surface area contributed by atoms with Gasteiger partial charge in [0, 0.05) is 49.1 Å². The Kier molecular flexibility index (Phi) is 4.98. The molecule has 1 aliphatic rings. The number of ether oxygens (including phenoxy) is 1. The summed E-state index contributed by atoms with van der Waals surface area (Å²) in [5.41, 5.74) is 3.77. The van der Waals surface area contributed by atoms with Gasteiger partial charge in [0.15, 0.2) is 0 Å². The first-order chi connectivity index (χ1) is 13.2. The van der Waals surface area contributed by atoms with Crippen molar-refractivity contribution < 1.29 is 9.13 Å². The molecule has 0 fully saturated rings. The minimum absolute atomic E-state index is 0.154. The zero-order valence-electron chi connectivity index (χ0n) is 15.2. The van der Waals surface area contributed by atoms with Crippen molar-refractivity contribution in [2.45, 2.75) is 19.5 Å². The zero-order valence-corrected chi connectivity index (χ0v) is 15.2. The number of aromatic nitrogens is 2. The molecule has 1 N–H and O–H groups in total. The fourth-order valence-corrected chi connectivity index (χ4v) is 3.24. The van der Waals surface area contributed by atoms with Gasteiger partial charge in [-0.3, -0.25) is 4.90 Å². The summed E-state index contributed by atoms with van der Waals surface area (Å²) in [6, 6.07) is 14.6. The summed E-state index contributed by atoms with van der Waals surface area (Å²) in [7, 11) is 1.64. The van der Waals surface area contributed by atoms with Gasteiger partial charge in [0.2, 0.25) is 5.95 Å². The summed E-state index contributed by atoms with van der Waals surface area (Å²) in [6.07, 6.45) is 2.69. The zero-order chi connectivity index (χ0) is 18.6. The Hall–Kier alpha value is -2.99. The molecule has 0 bridgehead atoms. The Morgan fingerprint density at radius 3 is 2.74 bits per heavy atom. The summed E-state index contributed by atoms with van der Waals surface area (Å²) in [6.45, 7) is 2.17. The predicted octanol–water partition coefficient (Wildman–Crippen LogP) is 3.93. The minimum atomic E-state index is -0.154. The van der Waals surface area contributed by atoms with Crippen molar-refractivity contribution >= 4 is 11.6 Å². The first-order valence-corrected chi connectivity index (χ1v) is 8.93. The van der Waals surface area contributed by atoms with E-state index in [-0.39, 0.29) is 5.82 Å². The van der Waals surface area contributed by atoms with E-state index in [0.29, 0.717) is 12.5 Å². The van der Waals surface area contributed by atoms with Gasteiger partial charge in [0.1, 0.15) is 11.6 Å². The van der Waals surface area contributed by atoms with Crippen LogP contribution in [0.2, 0.25) is 0 Å². The molecular formula is C21H21FN4O. The van der Waals surface area contributed by atoms with Gasteiger partial charge < -0.3 is 10.1 Å². The number of nitrogens with one attached hydrogen (secondary N) is 1. The van der Waals surface area contributed by atoms with Gasteiger partial charge in [-0.2, -0.15) is 0 Å². The normalized spacial score (nSPS) is 13.9. The number of hydrogen-bond donors (Lipinski definition) is 1. The number of anilines is 2. The van der Waals surface area contributed by atoms with E-state index in [9.17, 15) is 4.39 Å². The van der Waals surface area contributed by atoms with Crippen LogP contribution in [0.5, 0.6) is 5.75 Å². The highest BCUT2D eigenvalue weighted by atomic mass is 19.1. The Bertz CT molecular complexity index is 930. The van der Waals surface area contributed by atoms with Crippen molar-refractivity contribution in [1.82, 2.24) is 14.9 Å². The highest BCUT2D eigenvalue weighted by Gasteiger charge is 2.19. The summed E-state index contributed by atoms with van der Waals surface area (Å²) in [5, 5.41) is 3.22. The van der Waals surface area contributed by atoms with Gasteiger partial charge in [-0.25, -0.2) is 14.4 Å². The van der Waals surface area contributed by atoms with Crippen LogP contribution in [0.15, 0.2) is 54.7 Å². The molecule has 138 valence electrons. The van der Waals surface area contributed by atoms with Crippen LogP contribution in [0.3, 0.4) is 0 Å². The summed E-state index contributed by atoms with van der Waals surface area (Å²) in [4.78, 5) is 11.3. The van der Waals surface area contributed by atoms with Gasteiger partial charge in [0.05, 0.1) is 12.8 Å². The van der Waals surface area contributed by atoms with E-state index >= 15 is 0 Å². The molecule has 3 aromatic rings. The molecule has 0 amide bonds. The van der Waals surface area contributed by atoms with Crippen molar-refractivity contribution in [3.05, 3.63) is 77.4 Å². The second-order valence-electron chi connectivity index (χ2n) is 6.57. The molecule has 0 atom stereocenters. The number of fused-ring (bicyclic) bond motifs is 1. The smallest absolute Gasteiger partial charge is 0.227 e. The number of nitrogens with zero attached hydrogens (tertiary/aromatic N) is 3. The van der Waals surface area contributed by atoms with Crippen molar-refractivity contribution in [2.24, 2.45) is 0 Å². The lowest BCUT2D eigenvalue weighted by Crippen LogP contribution is -2.31. The Labute approximate surface area is 157 Å². The average Bonchev–Trinajstić information content (AvgIpc) is 2.70. The van der Waals surface area contributed by atoms with Crippen LogP contribution in [0, 0.1) is 5.82 Å². The van der Waals surface area contributed by atoms with Crippen LogP contribution in [0.1, 0.15) is 16.8 Å². The fraction of sp³-hybridized carbons (Fsp3) is 0.238. The fourth-order valence-electron chi connectivity index (χ4n) is 3.24. The molecule has 0 aliphatic carbocycles. The number of methoxy groups -OCH3 is 1. The van der Waals surface area contributed by atoms with E-state index in [2.05, 4.69) is 20.2 Å². The Morgan fingerprint density at radius 1 is 1.15 bits per heavy atom. The van der Waals surface area contributed by atoms with E-state index in [1.54, 1.807) is 13.2 Å². The topological polar surface area (TPSA) is 50.3 Å². The number of benzene rings is 2. The maximum Gasteiger partial charge on any atom is 0.227 e. The van der Waals surface area contributed by atoms with Crippen LogP contribution in [-0.2, 0) is 19.5 Å². The van der Waals surface area contributed by atoms with Crippen molar-refractivity contribution in [2.75, 3.05) is 19.0 Å². The molecule has 2 aromatic carbocycles. The minimum Gasteiger partial charge on any atom is -0.497 e. The van der Waals surface area contributed by atoms with Gasteiger partial charge in [0.25, 0.3) is 0 Å². The molecule has 2 heterocycles. The lowest BCUT2D eigenvalue weighted by atomic mass is 10.1. The third kappa shape index (κ3) is 4.06. The number of rotatable bonds is 5. The third-order valence-corrected chi connectivity index (χ3v) is 4.71. The molecule has 27 heavy (non-hydrogen) atoms. The summed E-state index contributed by atoms with van der Waals surface area (Å²) < 4.78 is 19.0. The van der Waals surface area contributed by atoms with Gasteiger partial charge in [-0.15, -0.1) is 0 Å². The predicted molar refractivity (Wildman–Crippen MR) is 103 cm³/mol. The first kappa shape index (κ1) is 17.4. The van der Waals surface area contributed by atoms with Crippen molar-refractivity contribution in [1.29, 1.82) is 0 Å². The standard InChI is InChI=1S/C21H21FN4O/c1-27-18-8-6-17(7-9-18)24-21-23-12-16-14-26(11-10-20(16)25-21)13-15-4-2-3-5-19(15)22/h2-9,12H,10-11,13-14H2,1H3,(H,23,24,25). The lowest BCUT2D eigenvalue weighted by molar-refractivity contribution is 0.239. The monoisotopic (exact) mass is 364 g/mol. The van der Waals surface area contributed by atoms with Crippen molar-refractivity contribution in [3.8, 4) is 5.75 Å². The molecule has 4 rings (SSSR count). The van der Waals surface area contributed by atoms with Crippen molar-refractivity contribution in [3.63, 3.8) is 0 Å². The van der Waals surface area contributed by atoms with Crippen LogP contribution in [0.4, 0.5) is 16.0 Å². The summed E-state index contributed by atoms with van der Waals surface area (Å²) in [5.74, 6) is 1.24. The molecular weight excluding hydrogens is 343 g/mol. The summed E-state index contributed by atoms with van der Waals surface area (Å²) >= 11 is 0.